The Morgan fingerprint density at radius 1 is 1.25 bits per heavy atom. The molecule has 1 N–H and O–H groups in total. The van der Waals surface area contributed by atoms with Crippen LogP contribution >= 0.6 is 12.6 Å². The zero-order valence-corrected chi connectivity index (χ0v) is 14.1. The van der Waals surface area contributed by atoms with Crippen LogP contribution in [0.5, 0.6) is 0 Å². The standard InChI is InChI=1S/C15H15NO4S.C2H4O/c17-13-10-3-1-2-4-11(10)14(18)16(13)9-6-5-8(7-9)12(21)15(19)20;1-2-3/h1-4,8-9,12,21H,5-7H2,(H,19,20);2H,1H3. The van der Waals surface area contributed by atoms with Crippen LogP contribution in [0.4, 0.5) is 0 Å². The number of carboxylic acid groups (broad SMARTS) is 1. The summed E-state index contributed by atoms with van der Waals surface area (Å²) in [6, 6.07) is 6.55. The van der Waals surface area contributed by atoms with Crippen molar-refractivity contribution in [2.24, 2.45) is 5.92 Å². The van der Waals surface area contributed by atoms with Gasteiger partial charge in [-0.2, -0.15) is 12.6 Å². The SMILES string of the molecule is CC=O.O=C(O)C(S)C1CCC(N2C(=O)c3ccccc3C2=O)C1. The number of hydrogen-bond donors (Lipinski definition) is 2. The molecule has 0 spiro atoms. The lowest BCUT2D eigenvalue weighted by atomic mass is 10.0. The molecule has 1 aromatic carbocycles. The van der Waals surface area contributed by atoms with Crippen molar-refractivity contribution < 1.29 is 24.3 Å². The first-order valence-corrected chi connectivity index (χ1v) is 8.21. The number of carbonyl (C=O) groups excluding carboxylic acids is 3. The van der Waals surface area contributed by atoms with Crippen LogP contribution in [0.1, 0.15) is 46.9 Å². The van der Waals surface area contributed by atoms with Gasteiger partial charge >= 0.3 is 5.97 Å². The summed E-state index contributed by atoms with van der Waals surface area (Å²) in [6.45, 7) is 1.44. The minimum atomic E-state index is -0.952. The third-order valence-electron chi connectivity index (χ3n) is 4.34. The van der Waals surface area contributed by atoms with Crippen molar-refractivity contribution in [2.75, 3.05) is 0 Å². The molecule has 1 aromatic rings. The van der Waals surface area contributed by atoms with Crippen LogP contribution in [0.2, 0.25) is 0 Å². The van der Waals surface area contributed by atoms with Gasteiger partial charge in [0.15, 0.2) is 0 Å². The lowest BCUT2D eigenvalue weighted by Crippen LogP contribution is -2.38. The Labute approximate surface area is 145 Å². The summed E-state index contributed by atoms with van der Waals surface area (Å²) in [5.41, 5.74) is 0.873. The minimum Gasteiger partial charge on any atom is -0.480 e. The van der Waals surface area contributed by atoms with E-state index in [-0.39, 0.29) is 23.8 Å². The zero-order valence-electron chi connectivity index (χ0n) is 13.2. The fourth-order valence-corrected chi connectivity index (χ4v) is 3.52. The highest BCUT2D eigenvalue weighted by Gasteiger charge is 2.44. The molecular weight excluding hydrogens is 330 g/mol. The van der Waals surface area contributed by atoms with Gasteiger partial charge < -0.3 is 9.90 Å². The third kappa shape index (κ3) is 3.36. The quantitative estimate of drug-likeness (QED) is 0.495. The summed E-state index contributed by atoms with van der Waals surface area (Å²) in [7, 11) is 0. The smallest absolute Gasteiger partial charge is 0.316 e. The summed E-state index contributed by atoms with van der Waals surface area (Å²) >= 11 is 4.11. The van der Waals surface area contributed by atoms with Crippen molar-refractivity contribution in [3.63, 3.8) is 0 Å². The molecule has 3 rings (SSSR count). The molecular formula is C17H19NO5S. The maximum absolute atomic E-state index is 12.4. The van der Waals surface area contributed by atoms with E-state index in [0.29, 0.717) is 30.4 Å². The van der Waals surface area contributed by atoms with Gasteiger partial charge in [-0.3, -0.25) is 19.3 Å². The molecule has 2 aliphatic rings. The number of imide groups is 1. The van der Waals surface area contributed by atoms with Crippen LogP contribution in [0.25, 0.3) is 0 Å². The summed E-state index contributed by atoms with van der Waals surface area (Å²) < 4.78 is 0. The summed E-state index contributed by atoms with van der Waals surface area (Å²) in [5.74, 6) is -1.61. The van der Waals surface area contributed by atoms with E-state index < -0.39 is 11.2 Å². The van der Waals surface area contributed by atoms with E-state index in [4.69, 9.17) is 9.90 Å². The summed E-state index contributed by atoms with van der Waals surface area (Å²) in [6.07, 6.45) is 2.56. The number of hydrogen-bond acceptors (Lipinski definition) is 5. The van der Waals surface area contributed by atoms with Gasteiger partial charge in [0.05, 0.1) is 11.1 Å². The molecule has 3 unspecified atom stereocenters. The van der Waals surface area contributed by atoms with Crippen molar-refractivity contribution in [1.82, 2.24) is 4.90 Å². The minimum absolute atomic E-state index is 0.111. The van der Waals surface area contributed by atoms with Crippen molar-refractivity contribution in [3.05, 3.63) is 35.4 Å². The molecule has 1 aliphatic heterocycles. The van der Waals surface area contributed by atoms with Crippen LogP contribution in [-0.2, 0) is 9.59 Å². The van der Waals surface area contributed by atoms with E-state index >= 15 is 0 Å². The average molecular weight is 349 g/mol. The predicted octanol–water partition coefficient (Wildman–Crippen LogP) is 2.04. The topological polar surface area (TPSA) is 91.8 Å². The molecule has 0 bridgehead atoms. The highest BCUT2D eigenvalue weighted by molar-refractivity contribution is 7.81. The molecule has 7 heteroatoms. The monoisotopic (exact) mass is 349 g/mol. The number of amides is 2. The van der Waals surface area contributed by atoms with Crippen LogP contribution in [0.3, 0.4) is 0 Å². The second kappa shape index (κ2) is 7.61. The van der Waals surface area contributed by atoms with Crippen LogP contribution < -0.4 is 0 Å². The van der Waals surface area contributed by atoms with Crippen LogP contribution in [0.15, 0.2) is 24.3 Å². The van der Waals surface area contributed by atoms with Crippen LogP contribution in [-0.4, -0.2) is 45.4 Å². The van der Waals surface area contributed by atoms with E-state index in [1.807, 2.05) is 0 Å². The summed E-state index contributed by atoms with van der Waals surface area (Å²) in [4.78, 5) is 45.9. The molecule has 24 heavy (non-hydrogen) atoms. The first kappa shape index (κ1) is 18.2. The van der Waals surface area contributed by atoms with E-state index in [0.717, 1.165) is 6.29 Å². The van der Waals surface area contributed by atoms with Gasteiger partial charge in [0.25, 0.3) is 11.8 Å². The number of aliphatic carboxylic acids is 1. The van der Waals surface area contributed by atoms with Crippen molar-refractivity contribution >= 4 is 36.7 Å². The first-order chi connectivity index (χ1) is 11.4. The number of carboxylic acids is 1. The van der Waals surface area contributed by atoms with Crippen molar-refractivity contribution in [1.29, 1.82) is 0 Å². The van der Waals surface area contributed by atoms with Gasteiger partial charge in [-0.25, -0.2) is 0 Å². The second-order valence-electron chi connectivity index (χ2n) is 5.77. The fraction of sp³-hybridized carbons (Fsp3) is 0.412. The summed E-state index contributed by atoms with van der Waals surface area (Å²) in [5, 5.41) is 8.27. The molecule has 1 fully saturated rings. The molecule has 1 aliphatic carbocycles. The molecule has 1 heterocycles. The molecule has 1 saturated carbocycles. The second-order valence-corrected chi connectivity index (χ2v) is 6.33. The predicted molar refractivity (Wildman–Crippen MR) is 90.2 cm³/mol. The van der Waals surface area contributed by atoms with E-state index in [1.54, 1.807) is 24.3 Å². The van der Waals surface area contributed by atoms with Gasteiger partial charge in [0.1, 0.15) is 11.5 Å². The maximum atomic E-state index is 12.4. The van der Waals surface area contributed by atoms with Gasteiger partial charge in [-0.1, -0.05) is 12.1 Å². The number of thiol groups is 1. The number of rotatable bonds is 3. The Morgan fingerprint density at radius 2 is 1.75 bits per heavy atom. The fourth-order valence-electron chi connectivity index (χ4n) is 3.25. The average Bonchev–Trinajstić information content (AvgIpc) is 3.12. The normalized spacial score (nSPS) is 23.3. The molecule has 2 amide bonds. The van der Waals surface area contributed by atoms with Crippen LogP contribution in [0, 0.1) is 5.92 Å². The van der Waals surface area contributed by atoms with E-state index in [9.17, 15) is 14.4 Å². The lowest BCUT2D eigenvalue weighted by molar-refractivity contribution is -0.137. The molecule has 6 nitrogen and oxygen atoms in total. The molecule has 0 aromatic heterocycles. The Morgan fingerprint density at radius 3 is 2.21 bits per heavy atom. The van der Waals surface area contributed by atoms with Gasteiger partial charge in [0.2, 0.25) is 0 Å². The third-order valence-corrected chi connectivity index (χ3v) is 4.98. The van der Waals surface area contributed by atoms with Crippen molar-refractivity contribution in [2.45, 2.75) is 37.5 Å². The number of fused-ring (bicyclic) bond motifs is 1. The molecule has 0 saturated heterocycles. The highest BCUT2D eigenvalue weighted by atomic mass is 32.1. The molecule has 128 valence electrons. The Bertz CT molecular complexity index is 640. The number of aldehydes is 1. The Kier molecular flexibility index (Phi) is 5.77. The molecule has 3 atom stereocenters. The Balaban J connectivity index is 0.000000647. The van der Waals surface area contributed by atoms with Gasteiger partial charge in [-0.05, 0) is 44.2 Å². The number of nitrogens with zero attached hydrogens (tertiary/aromatic N) is 1. The van der Waals surface area contributed by atoms with Crippen molar-refractivity contribution in [3.8, 4) is 0 Å². The highest BCUT2D eigenvalue weighted by Crippen LogP contribution is 2.37. The lowest BCUT2D eigenvalue weighted by Gasteiger charge is -2.22. The maximum Gasteiger partial charge on any atom is 0.316 e. The van der Waals surface area contributed by atoms with E-state index in [1.165, 1.54) is 11.8 Å². The molecule has 0 radical (unpaired) electrons. The first-order valence-electron chi connectivity index (χ1n) is 7.69. The Hall–Kier alpha value is -2.15. The van der Waals surface area contributed by atoms with Gasteiger partial charge in [0, 0.05) is 6.04 Å². The number of carbonyl (C=O) groups is 4. The zero-order chi connectivity index (χ0) is 17.9. The largest absolute Gasteiger partial charge is 0.480 e. The van der Waals surface area contributed by atoms with E-state index in [2.05, 4.69) is 12.6 Å². The number of benzene rings is 1. The van der Waals surface area contributed by atoms with Gasteiger partial charge in [-0.15, -0.1) is 0 Å².